The van der Waals surface area contributed by atoms with Crippen LogP contribution in [-0.2, 0) is 9.71 Å². The van der Waals surface area contributed by atoms with Crippen molar-refractivity contribution in [1.82, 2.24) is 20.1 Å². The van der Waals surface area contributed by atoms with Crippen LogP contribution in [0, 0.1) is 6.92 Å². The van der Waals surface area contributed by atoms with Crippen LogP contribution in [0.5, 0.6) is 11.6 Å². The van der Waals surface area contributed by atoms with Crippen LogP contribution in [-0.4, -0.2) is 44.1 Å². The molecule has 1 aliphatic carbocycles. The van der Waals surface area contributed by atoms with Crippen molar-refractivity contribution in [3.8, 4) is 17.3 Å². The summed E-state index contributed by atoms with van der Waals surface area (Å²) in [6, 6.07) is 15.1. The number of benzene rings is 2. The number of anilines is 1. The fraction of sp³-hybridized carbons (Fsp3) is 0.231. The molecule has 5 rings (SSSR count). The summed E-state index contributed by atoms with van der Waals surface area (Å²) in [5.41, 5.74) is 4.56. The fourth-order valence-corrected chi connectivity index (χ4v) is 4.65. The third-order valence-corrected chi connectivity index (χ3v) is 6.49. The van der Waals surface area contributed by atoms with E-state index in [4.69, 9.17) is 9.84 Å². The molecule has 1 atom stereocenters. The molecule has 4 aromatic rings. The molecule has 180 valence electrons. The molecular weight excluding hydrogens is 462 g/mol. The number of rotatable bonds is 7. The standard InChI is InChI=1S/C26H27N5O3S/c1-16-5-10-19(11-6-16)34-24-12-9-18(15-28-24)31-25(26(32)27-2)21-13-20(17-7-8-17)23(14-22(21)29-31)30-35(3,4)33/h5-6,9-15,17H,3,7-8H2,1-2,4H3,(H,27,32)(H,30,33). The molecule has 1 fully saturated rings. The Morgan fingerprint density at radius 2 is 1.91 bits per heavy atom. The van der Waals surface area contributed by atoms with Crippen molar-refractivity contribution >= 4 is 38.1 Å². The molecular formula is C26H27N5O3S. The van der Waals surface area contributed by atoms with Gasteiger partial charge in [-0.1, -0.05) is 17.7 Å². The van der Waals surface area contributed by atoms with Crippen LogP contribution in [0.15, 0.2) is 54.7 Å². The molecule has 0 aliphatic heterocycles. The molecule has 2 heterocycles. The zero-order valence-electron chi connectivity index (χ0n) is 19.9. The number of aromatic nitrogens is 3. The van der Waals surface area contributed by atoms with E-state index in [0.29, 0.717) is 34.4 Å². The van der Waals surface area contributed by atoms with Gasteiger partial charge in [0.2, 0.25) is 5.88 Å². The molecule has 0 bridgehead atoms. The minimum absolute atomic E-state index is 0.258. The highest BCUT2D eigenvalue weighted by Gasteiger charge is 2.29. The lowest BCUT2D eigenvalue weighted by Gasteiger charge is -2.13. The quantitative estimate of drug-likeness (QED) is 0.374. The molecule has 8 nitrogen and oxygen atoms in total. The van der Waals surface area contributed by atoms with E-state index >= 15 is 0 Å². The Labute approximate surface area is 204 Å². The van der Waals surface area contributed by atoms with E-state index in [1.807, 2.05) is 49.4 Å². The maximum absolute atomic E-state index is 12.9. The zero-order valence-corrected chi connectivity index (χ0v) is 20.7. The van der Waals surface area contributed by atoms with E-state index < -0.39 is 9.71 Å². The highest BCUT2D eigenvalue weighted by Crippen LogP contribution is 2.45. The zero-order chi connectivity index (χ0) is 24.7. The second kappa shape index (κ2) is 8.74. The summed E-state index contributed by atoms with van der Waals surface area (Å²) in [5, 5.41) is 8.15. The molecule has 0 radical (unpaired) electrons. The number of aryl methyl sites for hydroxylation is 1. The molecule has 0 saturated heterocycles. The van der Waals surface area contributed by atoms with Gasteiger partial charge in [0.05, 0.1) is 23.1 Å². The topological polar surface area (TPSA) is 98.1 Å². The van der Waals surface area contributed by atoms with Crippen LogP contribution in [0.4, 0.5) is 5.69 Å². The third kappa shape index (κ3) is 4.85. The SMILES string of the molecule is C=S(C)(=O)Nc1cc2nn(-c3ccc(Oc4ccc(C)cc4)nc3)c(C(=O)NC)c2cc1C1CC1. The number of fused-ring (bicyclic) bond motifs is 1. The van der Waals surface area contributed by atoms with Crippen molar-refractivity contribution in [1.29, 1.82) is 0 Å². The van der Waals surface area contributed by atoms with Crippen molar-refractivity contribution in [2.24, 2.45) is 0 Å². The Bertz CT molecular complexity index is 1520. The Hall–Kier alpha value is -3.85. The molecule has 1 unspecified atom stereocenters. The van der Waals surface area contributed by atoms with Gasteiger partial charge in [-0.3, -0.25) is 4.79 Å². The first-order valence-electron chi connectivity index (χ1n) is 11.3. The van der Waals surface area contributed by atoms with Gasteiger partial charge in [0.15, 0.2) is 0 Å². The largest absolute Gasteiger partial charge is 0.439 e. The lowest BCUT2D eigenvalue weighted by molar-refractivity contribution is 0.0957. The van der Waals surface area contributed by atoms with E-state index in [1.165, 1.54) is 0 Å². The average molecular weight is 490 g/mol. The Morgan fingerprint density at radius 1 is 1.17 bits per heavy atom. The first-order valence-corrected chi connectivity index (χ1v) is 13.4. The van der Waals surface area contributed by atoms with Crippen molar-refractivity contribution in [2.45, 2.75) is 25.7 Å². The van der Waals surface area contributed by atoms with Crippen LogP contribution < -0.4 is 14.8 Å². The Balaban J connectivity index is 1.57. The summed E-state index contributed by atoms with van der Waals surface area (Å²) >= 11 is 0. The number of amides is 1. The first kappa shape index (κ1) is 22.9. The number of carbonyl (C=O) groups is 1. The molecule has 35 heavy (non-hydrogen) atoms. The van der Waals surface area contributed by atoms with Crippen LogP contribution in [0.1, 0.15) is 40.4 Å². The van der Waals surface area contributed by atoms with Crippen LogP contribution in [0.25, 0.3) is 16.6 Å². The number of ether oxygens (including phenoxy) is 1. The predicted molar refractivity (Wildman–Crippen MR) is 140 cm³/mol. The molecule has 1 aliphatic rings. The molecule has 1 saturated carbocycles. The summed E-state index contributed by atoms with van der Waals surface area (Å²) in [7, 11) is -0.879. The Kier molecular flexibility index (Phi) is 5.72. The van der Waals surface area contributed by atoms with E-state index in [2.05, 4.69) is 20.9 Å². The number of nitrogens with zero attached hydrogens (tertiary/aromatic N) is 3. The third-order valence-electron chi connectivity index (χ3n) is 5.84. The van der Waals surface area contributed by atoms with Gasteiger partial charge in [-0.15, -0.1) is 0 Å². The highest BCUT2D eigenvalue weighted by atomic mass is 32.2. The smallest absolute Gasteiger partial charge is 0.270 e. The minimum Gasteiger partial charge on any atom is -0.439 e. The minimum atomic E-state index is -2.47. The second-order valence-electron chi connectivity index (χ2n) is 8.95. The average Bonchev–Trinajstić information content (AvgIpc) is 3.60. The predicted octanol–water partition coefficient (Wildman–Crippen LogP) is 4.43. The maximum Gasteiger partial charge on any atom is 0.270 e. The van der Waals surface area contributed by atoms with Crippen molar-refractivity contribution < 1.29 is 13.7 Å². The van der Waals surface area contributed by atoms with Crippen LogP contribution in [0.3, 0.4) is 0 Å². The molecule has 2 N–H and O–H groups in total. The van der Waals surface area contributed by atoms with Gasteiger partial charge in [-0.05, 0) is 67.4 Å². The maximum atomic E-state index is 12.9. The monoisotopic (exact) mass is 489 g/mol. The molecule has 2 aromatic heterocycles. The van der Waals surface area contributed by atoms with Crippen LogP contribution >= 0.6 is 0 Å². The van der Waals surface area contributed by atoms with Gasteiger partial charge in [0, 0.05) is 34.5 Å². The summed E-state index contributed by atoms with van der Waals surface area (Å²) in [5.74, 6) is 4.96. The van der Waals surface area contributed by atoms with E-state index in [0.717, 1.165) is 35.0 Å². The van der Waals surface area contributed by atoms with Crippen molar-refractivity contribution in [3.63, 3.8) is 0 Å². The molecule has 1 amide bonds. The first-order chi connectivity index (χ1) is 16.7. The van der Waals surface area contributed by atoms with E-state index in [1.54, 1.807) is 30.2 Å². The van der Waals surface area contributed by atoms with Crippen molar-refractivity contribution in [3.05, 3.63) is 71.5 Å². The summed E-state index contributed by atoms with van der Waals surface area (Å²) in [4.78, 5) is 17.4. The number of nitrogens with one attached hydrogen (secondary N) is 2. The lowest BCUT2D eigenvalue weighted by Crippen LogP contribution is -2.22. The number of hydrogen-bond donors (Lipinski definition) is 2. The van der Waals surface area contributed by atoms with Gasteiger partial charge in [-0.25, -0.2) is 13.9 Å². The number of pyridine rings is 1. The number of hydrogen-bond acceptors (Lipinski definition) is 5. The molecule has 2 aromatic carbocycles. The molecule has 9 heteroatoms. The van der Waals surface area contributed by atoms with E-state index in [9.17, 15) is 9.00 Å². The van der Waals surface area contributed by atoms with E-state index in [-0.39, 0.29) is 5.91 Å². The van der Waals surface area contributed by atoms with Gasteiger partial charge in [0.1, 0.15) is 11.4 Å². The highest BCUT2D eigenvalue weighted by molar-refractivity contribution is 8.00. The van der Waals surface area contributed by atoms with Crippen LogP contribution in [0.2, 0.25) is 0 Å². The molecule has 0 spiro atoms. The lowest BCUT2D eigenvalue weighted by atomic mass is 10.0. The fourth-order valence-electron chi connectivity index (χ4n) is 4.01. The summed E-state index contributed by atoms with van der Waals surface area (Å²) in [6.07, 6.45) is 5.29. The Morgan fingerprint density at radius 3 is 2.51 bits per heavy atom. The number of carbonyl (C=O) groups excluding carboxylic acids is 1. The van der Waals surface area contributed by atoms with Gasteiger partial charge >= 0.3 is 0 Å². The van der Waals surface area contributed by atoms with Gasteiger partial charge < -0.3 is 14.8 Å². The summed E-state index contributed by atoms with van der Waals surface area (Å²) < 4.78 is 22.8. The summed E-state index contributed by atoms with van der Waals surface area (Å²) in [6.45, 7) is 2.02. The second-order valence-corrected chi connectivity index (χ2v) is 11.2. The van der Waals surface area contributed by atoms with Crippen molar-refractivity contribution in [2.75, 3.05) is 18.0 Å². The van der Waals surface area contributed by atoms with Gasteiger partial charge in [-0.2, -0.15) is 5.10 Å². The normalized spacial score (nSPS) is 14.9. The van der Waals surface area contributed by atoms with Gasteiger partial charge in [0.25, 0.3) is 5.91 Å².